The molecule has 152 valence electrons. The van der Waals surface area contributed by atoms with E-state index >= 15 is 0 Å². The number of anilines is 2. The van der Waals surface area contributed by atoms with E-state index in [-0.39, 0.29) is 29.8 Å². The molecule has 0 aliphatic carbocycles. The molecule has 3 rings (SSSR count). The van der Waals surface area contributed by atoms with Crippen LogP contribution in [0, 0.1) is 5.82 Å². The maximum Gasteiger partial charge on any atom is 0.338 e. The van der Waals surface area contributed by atoms with Crippen LogP contribution in [0.1, 0.15) is 17.3 Å². The summed E-state index contributed by atoms with van der Waals surface area (Å²) in [5.74, 6) is -1.40. The first kappa shape index (κ1) is 20.3. The number of carbonyl (C=O) groups excluding carboxylic acids is 3. The molecule has 0 saturated carbocycles. The number of hydrogen-bond acceptors (Lipinski definition) is 5. The maximum atomic E-state index is 13.9. The highest BCUT2D eigenvalue weighted by molar-refractivity contribution is 5.93. The van der Waals surface area contributed by atoms with E-state index in [9.17, 15) is 18.8 Å². The number of amides is 2. The number of ether oxygens (including phenoxy) is 1. The third kappa shape index (κ3) is 5.31. The highest BCUT2D eigenvalue weighted by atomic mass is 19.1. The van der Waals surface area contributed by atoms with Crippen molar-refractivity contribution in [3.05, 3.63) is 59.9 Å². The molecule has 7 nitrogen and oxygen atoms in total. The van der Waals surface area contributed by atoms with Crippen molar-refractivity contribution in [1.29, 1.82) is 0 Å². The Labute approximate surface area is 168 Å². The first-order valence-electron chi connectivity index (χ1n) is 9.26. The summed E-state index contributed by atoms with van der Waals surface area (Å²) in [6, 6.07) is 12.7. The third-order valence-electron chi connectivity index (χ3n) is 4.59. The van der Waals surface area contributed by atoms with Crippen LogP contribution in [0.4, 0.5) is 15.8 Å². The van der Waals surface area contributed by atoms with Crippen molar-refractivity contribution in [3.63, 3.8) is 0 Å². The molecule has 0 radical (unpaired) electrons. The number of para-hydroxylation sites is 1. The molecule has 1 N–H and O–H groups in total. The van der Waals surface area contributed by atoms with E-state index in [0.29, 0.717) is 37.6 Å². The number of piperazine rings is 1. The lowest BCUT2D eigenvalue weighted by Crippen LogP contribution is -2.50. The fraction of sp³-hybridized carbons (Fsp3) is 0.286. The number of rotatable bonds is 5. The van der Waals surface area contributed by atoms with Crippen molar-refractivity contribution in [2.45, 2.75) is 6.92 Å². The second-order valence-electron chi connectivity index (χ2n) is 6.65. The zero-order chi connectivity index (χ0) is 20.8. The van der Waals surface area contributed by atoms with Gasteiger partial charge in [-0.1, -0.05) is 12.1 Å². The zero-order valence-corrected chi connectivity index (χ0v) is 16.1. The SMILES string of the molecule is CC(=O)Nc1ccc(C(=O)OCC(=O)N2CCN(c3ccccc3F)CC2)cc1. The zero-order valence-electron chi connectivity index (χ0n) is 16.1. The summed E-state index contributed by atoms with van der Waals surface area (Å²) < 4.78 is 19.0. The second kappa shape index (κ2) is 9.18. The monoisotopic (exact) mass is 399 g/mol. The first-order chi connectivity index (χ1) is 13.9. The van der Waals surface area contributed by atoms with Crippen molar-refractivity contribution >= 4 is 29.2 Å². The number of carbonyl (C=O) groups is 3. The van der Waals surface area contributed by atoms with E-state index in [1.54, 1.807) is 35.2 Å². The Morgan fingerprint density at radius 3 is 2.28 bits per heavy atom. The molecule has 1 saturated heterocycles. The van der Waals surface area contributed by atoms with Crippen LogP contribution in [0.2, 0.25) is 0 Å². The molecule has 0 atom stereocenters. The standard InChI is InChI=1S/C21H22FN3O4/c1-15(26)23-17-8-6-16(7-9-17)21(28)29-14-20(27)25-12-10-24(11-13-25)19-5-3-2-4-18(19)22/h2-9H,10-14H2,1H3,(H,23,26). The van der Waals surface area contributed by atoms with Gasteiger partial charge in [-0.05, 0) is 36.4 Å². The van der Waals surface area contributed by atoms with Gasteiger partial charge >= 0.3 is 5.97 Å². The summed E-state index contributed by atoms with van der Waals surface area (Å²) in [6.07, 6.45) is 0. The Bertz CT molecular complexity index is 893. The predicted molar refractivity (Wildman–Crippen MR) is 106 cm³/mol. The van der Waals surface area contributed by atoms with Crippen molar-refractivity contribution in [2.24, 2.45) is 0 Å². The summed E-state index contributed by atoms with van der Waals surface area (Å²) >= 11 is 0. The Hall–Kier alpha value is -3.42. The van der Waals surface area contributed by atoms with Gasteiger partial charge in [-0.3, -0.25) is 9.59 Å². The number of nitrogens with one attached hydrogen (secondary N) is 1. The Kier molecular flexibility index (Phi) is 6.43. The van der Waals surface area contributed by atoms with E-state index in [1.165, 1.54) is 25.1 Å². The fourth-order valence-corrected chi connectivity index (χ4v) is 3.10. The molecule has 1 heterocycles. The Morgan fingerprint density at radius 1 is 1.00 bits per heavy atom. The number of hydrogen-bond donors (Lipinski definition) is 1. The van der Waals surface area contributed by atoms with Gasteiger partial charge in [-0.25, -0.2) is 9.18 Å². The van der Waals surface area contributed by atoms with Crippen molar-refractivity contribution in [3.8, 4) is 0 Å². The quantitative estimate of drug-likeness (QED) is 0.781. The molecule has 0 bridgehead atoms. The molecule has 0 aromatic heterocycles. The first-order valence-corrected chi connectivity index (χ1v) is 9.26. The highest BCUT2D eigenvalue weighted by Crippen LogP contribution is 2.20. The predicted octanol–water partition coefficient (Wildman–Crippen LogP) is 2.29. The van der Waals surface area contributed by atoms with Gasteiger partial charge in [0, 0.05) is 38.8 Å². The van der Waals surface area contributed by atoms with E-state index in [4.69, 9.17) is 4.74 Å². The van der Waals surface area contributed by atoms with E-state index in [0.717, 1.165) is 0 Å². The second-order valence-corrected chi connectivity index (χ2v) is 6.65. The lowest BCUT2D eigenvalue weighted by Gasteiger charge is -2.36. The average Bonchev–Trinajstić information content (AvgIpc) is 2.72. The van der Waals surface area contributed by atoms with Gasteiger partial charge in [0.25, 0.3) is 5.91 Å². The molecule has 1 aliphatic heterocycles. The summed E-state index contributed by atoms with van der Waals surface area (Å²) in [5, 5.41) is 2.60. The van der Waals surface area contributed by atoms with Crippen molar-refractivity contribution in [2.75, 3.05) is 43.0 Å². The molecule has 2 aromatic carbocycles. The van der Waals surface area contributed by atoms with Gasteiger partial charge in [-0.2, -0.15) is 0 Å². The van der Waals surface area contributed by atoms with Crippen LogP contribution in [0.15, 0.2) is 48.5 Å². The summed E-state index contributed by atoms with van der Waals surface area (Å²) in [5.41, 5.74) is 1.38. The van der Waals surface area contributed by atoms with Gasteiger partial charge in [0.2, 0.25) is 5.91 Å². The summed E-state index contributed by atoms with van der Waals surface area (Å²) in [7, 11) is 0. The van der Waals surface area contributed by atoms with Crippen LogP contribution in [-0.4, -0.2) is 55.5 Å². The number of benzene rings is 2. The minimum Gasteiger partial charge on any atom is -0.452 e. The largest absolute Gasteiger partial charge is 0.452 e. The Balaban J connectivity index is 1.47. The van der Waals surface area contributed by atoms with Crippen molar-refractivity contribution in [1.82, 2.24) is 4.90 Å². The van der Waals surface area contributed by atoms with E-state index in [2.05, 4.69) is 5.32 Å². The topological polar surface area (TPSA) is 78.9 Å². The Morgan fingerprint density at radius 2 is 1.66 bits per heavy atom. The van der Waals surface area contributed by atoms with E-state index < -0.39 is 5.97 Å². The normalized spacial score (nSPS) is 13.7. The van der Waals surface area contributed by atoms with Gasteiger partial charge < -0.3 is 19.9 Å². The van der Waals surface area contributed by atoms with Crippen LogP contribution in [0.5, 0.6) is 0 Å². The summed E-state index contributed by atoms with van der Waals surface area (Å²) in [4.78, 5) is 38.9. The molecule has 2 amide bonds. The van der Waals surface area contributed by atoms with Crippen LogP contribution in [0.3, 0.4) is 0 Å². The molecule has 1 aliphatic rings. The third-order valence-corrected chi connectivity index (χ3v) is 4.59. The molecule has 0 spiro atoms. The molecule has 2 aromatic rings. The average molecular weight is 399 g/mol. The van der Waals surface area contributed by atoms with Crippen molar-refractivity contribution < 1.29 is 23.5 Å². The summed E-state index contributed by atoms with van der Waals surface area (Å²) in [6.45, 7) is 2.90. The minimum absolute atomic E-state index is 0.207. The van der Waals surface area contributed by atoms with Gasteiger partial charge in [-0.15, -0.1) is 0 Å². The van der Waals surface area contributed by atoms with Crippen LogP contribution >= 0.6 is 0 Å². The molecule has 29 heavy (non-hydrogen) atoms. The van der Waals surface area contributed by atoms with Gasteiger partial charge in [0.15, 0.2) is 6.61 Å². The minimum atomic E-state index is -0.613. The van der Waals surface area contributed by atoms with Crippen LogP contribution in [0.25, 0.3) is 0 Å². The molecule has 8 heteroatoms. The fourth-order valence-electron chi connectivity index (χ4n) is 3.10. The van der Waals surface area contributed by atoms with Crippen LogP contribution < -0.4 is 10.2 Å². The van der Waals surface area contributed by atoms with E-state index in [1.807, 2.05) is 4.90 Å². The molecular weight excluding hydrogens is 377 g/mol. The molecule has 0 unspecified atom stereocenters. The maximum absolute atomic E-state index is 13.9. The van der Waals surface area contributed by atoms with Gasteiger partial charge in [0.05, 0.1) is 11.3 Å². The van der Waals surface area contributed by atoms with Gasteiger partial charge in [0.1, 0.15) is 5.82 Å². The highest BCUT2D eigenvalue weighted by Gasteiger charge is 2.23. The van der Waals surface area contributed by atoms with Crippen LogP contribution in [-0.2, 0) is 14.3 Å². The molecular formula is C21H22FN3O4. The number of nitrogens with zero attached hydrogens (tertiary/aromatic N) is 2. The smallest absolute Gasteiger partial charge is 0.338 e. The lowest BCUT2D eigenvalue weighted by atomic mass is 10.2. The number of esters is 1. The molecule has 1 fully saturated rings. The number of halogens is 1. The lowest BCUT2D eigenvalue weighted by molar-refractivity contribution is -0.134.